The summed E-state index contributed by atoms with van der Waals surface area (Å²) in [6.07, 6.45) is 2.23. The first-order valence-corrected chi connectivity index (χ1v) is 4.49. The molecule has 0 saturated heterocycles. The van der Waals surface area contributed by atoms with Crippen molar-refractivity contribution in [1.29, 1.82) is 0 Å². The number of benzene rings is 1. The van der Waals surface area contributed by atoms with Crippen LogP contribution in [0.4, 0.5) is 0 Å². The fourth-order valence-corrected chi connectivity index (χ4v) is 1.23. The summed E-state index contributed by atoms with van der Waals surface area (Å²) in [5.41, 5.74) is 1.48. The van der Waals surface area contributed by atoms with Crippen molar-refractivity contribution in [3.05, 3.63) is 42.3 Å². The van der Waals surface area contributed by atoms with Crippen LogP contribution in [0.2, 0.25) is 0 Å². The minimum atomic E-state index is 0.00750. The molecule has 1 aromatic rings. The minimum Gasteiger partial charge on any atom is -0.349 e. The van der Waals surface area contributed by atoms with Crippen molar-refractivity contribution in [3.8, 4) is 0 Å². The van der Waals surface area contributed by atoms with Gasteiger partial charge in [0.25, 0.3) is 5.91 Å². The fourth-order valence-electron chi connectivity index (χ4n) is 1.23. The molecule has 13 heavy (non-hydrogen) atoms. The van der Waals surface area contributed by atoms with E-state index in [-0.39, 0.29) is 5.91 Å². The van der Waals surface area contributed by atoms with Crippen molar-refractivity contribution in [2.75, 3.05) is 0 Å². The standard InChI is InChI=1S/C11H12NO/c1-8-4-2-3-5-10(8)11(13)12-9-6-7-9/h2-5,9H,1,6-7H2,(H,12,13). The van der Waals surface area contributed by atoms with E-state index in [0.29, 0.717) is 11.6 Å². The van der Waals surface area contributed by atoms with E-state index in [2.05, 4.69) is 12.2 Å². The summed E-state index contributed by atoms with van der Waals surface area (Å²) in [5, 5.41) is 2.93. The molecule has 1 aliphatic carbocycles. The van der Waals surface area contributed by atoms with Crippen molar-refractivity contribution < 1.29 is 4.79 Å². The smallest absolute Gasteiger partial charge is 0.251 e. The van der Waals surface area contributed by atoms with Crippen molar-refractivity contribution in [1.82, 2.24) is 5.32 Å². The van der Waals surface area contributed by atoms with Gasteiger partial charge in [-0.25, -0.2) is 0 Å². The molecule has 2 rings (SSSR count). The number of amides is 1. The average Bonchev–Trinajstić information content (AvgIpc) is 2.89. The van der Waals surface area contributed by atoms with E-state index >= 15 is 0 Å². The summed E-state index contributed by atoms with van der Waals surface area (Å²) in [6, 6.07) is 7.81. The Kier molecular flexibility index (Phi) is 2.05. The van der Waals surface area contributed by atoms with E-state index in [1.54, 1.807) is 6.07 Å². The maximum Gasteiger partial charge on any atom is 0.251 e. The molecule has 67 valence electrons. The summed E-state index contributed by atoms with van der Waals surface area (Å²) in [4.78, 5) is 11.6. The predicted molar refractivity (Wildman–Crippen MR) is 51.4 cm³/mol. The zero-order valence-corrected chi connectivity index (χ0v) is 7.42. The molecule has 1 aliphatic rings. The first-order valence-electron chi connectivity index (χ1n) is 4.49. The van der Waals surface area contributed by atoms with Crippen LogP contribution < -0.4 is 5.32 Å². The summed E-state index contributed by atoms with van der Waals surface area (Å²) >= 11 is 0. The van der Waals surface area contributed by atoms with Gasteiger partial charge in [0.2, 0.25) is 0 Å². The Balaban J connectivity index is 2.13. The lowest BCUT2D eigenvalue weighted by Gasteiger charge is -2.05. The quantitative estimate of drug-likeness (QED) is 0.727. The first-order chi connectivity index (χ1) is 6.27. The molecule has 2 heteroatoms. The number of nitrogens with one attached hydrogen (secondary N) is 1. The third-order valence-electron chi connectivity index (χ3n) is 2.17. The van der Waals surface area contributed by atoms with Gasteiger partial charge in [-0.05, 0) is 31.4 Å². The van der Waals surface area contributed by atoms with Gasteiger partial charge in [-0.3, -0.25) is 4.79 Å². The second-order valence-corrected chi connectivity index (χ2v) is 3.40. The Bertz CT molecular complexity index is 329. The van der Waals surface area contributed by atoms with E-state index in [1.165, 1.54) is 0 Å². The van der Waals surface area contributed by atoms with Gasteiger partial charge >= 0.3 is 0 Å². The average molecular weight is 174 g/mol. The number of rotatable bonds is 2. The molecular weight excluding hydrogens is 162 g/mol. The molecular formula is C11H12NO. The Morgan fingerprint density at radius 2 is 2.08 bits per heavy atom. The van der Waals surface area contributed by atoms with Gasteiger partial charge in [0.05, 0.1) is 0 Å². The Morgan fingerprint density at radius 1 is 1.38 bits per heavy atom. The topological polar surface area (TPSA) is 29.1 Å². The molecule has 2 nitrogen and oxygen atoms in total. The van der Waals surface area contributed by atoms with Crippen LogP contribution in [0, 0.1) is 6.92 Å². The van der Waals surface area contributed by atoms with Crippen LogP contribution in [0.3, 0.4) is 0 Å². The maximum atomic E-state index is 11.6. The number of hydrogen-bond acceptors (Lipinski definition) is 1. The first kappa shape index (κ1) is 8.30. The fraction of sp³-hybridized carbons (Fsp3) is 0.273. The van der Waals surface area contributed by atoms with Crippen molar-refractivity contribution in [2.45, 2.75) is 18.9 Å². The highest BCUT2D eigenvalue weighted by atomic mass is 16.1. The zero-order chi connectivity index (χ0) is 9.26. The van der Waals surface area contributed by atoms with Crippen LogP contribution in [-0.2, 0) is 0 Å². The highest BCUT2D eigenvalue weighted by Crippen LogP contribution is 2.19. The number of carbonyl (C=O) groups excluding carboxylic acids is 1. The van der Waals surface area contributed by atoms with Crippen LogP contribution in [-0.4, -0.2) is 11.9 Å². The van der Waals surface area contributed by atoms with Gasteiger partial charge < -0.3 is 5.32 Å². The van der Waals surface area contributed by atoms with Gasteiger partial charge in [-0.15, -0.1) is 0 Å². The van der Waals surface area contributed by atoms with E-state index in [1.807, 2.05) is 18.2 Å². The van der Waals surface area contributed by atoms with Crippen LogP contribution in [0.15, 0.2) is 24.3 Å². The van der Waals surface area contributed by atoms with E-state index < -0.39 is 0 Å². The third kappa shape index (κ3) is 1.89. The van der Waals surface area contributed by atoms with Gasteiger partial charge in [-0.2, -0.15) is 0 Å². The molecule has 1 amide bonds. The molecule has 1 saturated carbocycles. The second-order valence-electron chi connectivity index (χ2n) is 3.40. The third-order valence-corrected chi connectivity index (χ3v) is 2.17. The van der Waals surface area contributed by atoms with Crippen molar-refractivity contribution in [2.24, 2.45) is 0 Å². The normalized spacial score (nSPS) is 15.5. The second kappa shape index (κ2) is 3.21. The Morgan fingerprint density at radius 3 is 2.69 bits per heavy atom. The monoisotopic (exact) mass is 174 g/mol. The number of carbonyl (C=O) groups is 1. The molecule has 0 aliphatic heterocycles. The molecule has 0 heterocycles. The van der Waals surface area contributed by atoms with E-state index in [0.717, 1.165) is 18.4 Å². The highest BCUT2D eigenvalue weighted by Gasteiger charge is 2.24. The van der Waals surface area contributed by atoms with Crippen LogP contribution >= 0.6 is 0 Å². The molecule has 1 N–H and O–H groups in total. The largest absolute Gasteiger partial charge is 0.349 e. The van der Waals surface area contributed by atoms with Crippen molar-refractivity contribution in [3.63, 3.8) is 0 Å². The van der Waals surface area contributed by atoms with Gasteiger partial charge in [0.1, 0.15) is 0 Å². The van der Waals surface area contributed by atoms with Crippen LogP contribution in [0.1, 0.15) is 28.8 Å². The summed E-state index contributed by atoms with van der Waals surface area (Å²) in [7, 11) is 0. The van der Waals surface area contributed by atoms with E-state index in [9.17, 15) is 4.79 Å². The molecule has 1 radical (unpaired) electrons. The van der Waals surface area contributed by atoms with Crippen LogP contribution in [0.5, 0.6) is 0 Å². The van der Waals surface area contributed by atoms with Gasteiger partial charge in [0, 0.05) is 11.6 Å². The van der Waals surface area contributed by atoms with Gasteiger partial charge in [0.15, 0.2) is 0 Å². The summed E-state index contributed by atoms with van der Waals surface area (Å²) in [5.74, 6) is 0.00750. The lowest BCUT2D eigenvalue weighted by molar-refractivity contribution is 0.0951. The zero-order valence-electron chi connectivity index (χ0n) is 7.42. The maximum absolute atomic E-state index is 11.6. The van der Waals surface area contributed by atoms with Gasteiger partial charge in [-0.1, -0.05) is 18.2 Å². The Labute approximate surface area is 78.0 Å². The van der Waals surface area contributed by atoms with Crippen LogP contribution in [0.25, 0.3) is 0 Å². The predicted octanol–water partition coefficient (Wildman–Crippen LogP) is 1.76. The summed E-state index contributed by atoms with van der Waals surface area (Å²) in [6.45, 7) is 3.81. The molecule has 1 fully saturated rings. The molecule has 1 aromatic carbocycles. The molecule has 0 unspecified atom stereocenters. The molecule has 0 atom stereocenters. The lowest BCUT2D eigenvalue weighted by Crippen LogP contribution is -2.25. The molecule has 0 aromatic heterocycles. The van der Waals surface area contributed by atoms with Crippen molar-refractivity contribution >= 4 is 5.91 Å². The highest BCUT2D eigenvalue weighted by molar-refractivity contribution is 5.96. The molecule has 0 bridgehead atoms. The number of hydrogen-bond donors (Lipinski definition) is 1. The summed E-state index contributed by atoms with van der Waals surface area (Å²) < 4.78 is 0. The van der Waals surface area contributed by atoms with E-state index in [4.69, 9.17) is 0 Å². The SMILES string of the molecule is [CH2]c1ccccc1C(=O)NC1CC1. The lowest BCUT2D eigenvalue weighted by atomic mass is 10.1. The minimum absolute atomic E-state index is 0.00750. The Hall–Kier alpha value is -1.31. The molecule has 0 spiro atoms.